The van der Waals surface area contributed by atoms with E-state index in [1.54, 1.807) is 62.0 Å². The van der Waals surface area contributed by atoms with E-state index in [4.69, 9.17) is 4.74 Å². The standard InChI is InChI=1S/C16H13N3O2/c1-21-13-5-3-12(4-6-13)19-16(20)11-2-7-14-15(10-11)18-9-8-17-14/h2-10H,1H3,(H,19,20). The van der Waals surface area contributed by atoms with Crippen molar-refractivity contribution < 1.29 is 9.53 Å². The summed E-state index contributed by atoms with van der Waals surface area (Å²) in [5.41, 5.74) is 2.71. The number of hydrogen-bond donors (Lipinski definition) is 1. The van der Waals surface area contributed by atoms with Gasteiger partial charge in [0, 0.05) is 23.6 Å². The molecule has 1 amide bonds. The highest BCUT2D eigenvalue weighted by molar-refractivity contribution is 6.05. The highest BCUT2D eigenvalue weighted by atomic mass is 16.5. The summed E-state index contributed by atoms with van der Waals surface area (Å²) in [5, 5.41) is 2.83. The van der Waals surface area contributed by atoms with Crippen molar-refractivity contribution in [3.8, 4) is 5.75 Å². The van der Waals surface area contributed by atoms with Gasteiger partial charge in [-0.2, -0.15) is 0 Å². The number of hydrogen-bond acceptors (Lipinski definition) is 4. The number of methoxy groups -OCH3 is 1. The van der Waals surface area contributed by atoms with Gasteiger partial charge in [-0.1, -0.05) is 0 Å². The van der Waals surface area contributed by atoms with Crippen LogP contribution in [0.5, 0.6) is 5.75 Å². The van der Waals surface area contributed by atoms with E-state index in [-0.39, 0.29) is 5.91 Å². The van der Waals surface area contributed by atoms with Crippen LogP contribution >= 0.6 is 0 Å². The summed E-state index contributed by atoms with van der Waals surface area (Å²) in [6.07, 6.45) is 3.23. The molecule has 5 heteroatoms. The van der Waals surface area contributed by atoms with Crippen molar-refractivity contribution in [3.05, 3.63) is 60.4 Å². The summed E-state index contributed by atoms with van der Waals surface area (Å²) in [4.78, 5) is 20.6. The number of nitrogens with one attached hydrogen (secondary N) is 1. The predicted octanol–water partition coefficient (Wildman–Crippen LogP) is 2.89. The topological polar surface area (TPSA) is 64.1 Å². The van der Waals surface area contributed by atoms with Crippen molar-refractivity contribution in [2.45, 2.75) is 0 Å². The first-order valence-corrected chi connectivity index (χ1v) is 6.42. The maximum atomic E-state index is 12.2. The molecule has 3 rings (SSSR count). The Bertz CT molecular complexity index is 785. The number of aromatic nitrogens is 2. The van der Waals surface area contributed by atoms with Gasteiger partial charge in [0.25, 0.3) is 5.91 Å². The van der Waals surface area contributed by atoms with Crippen LogP contribution in [-0.2, 0) is 0 Å². The van der Waals surface area contributed by atoms with Crippen molar-refractivity contribution in [1.29, 1.82) is 0 Å². The fourth-order valence-corrected chi connectivity index (χ4v) is 1.98. The molecule has 0 saturated heterocycles. The highest BCUT2D eigenvalue weighted by Gasteiger charge is 2.07. The fraction of sp³-hybridized carbons (Fsp3) is 0.0625. The summed E-state index contributed by atoms with van der Waals surface area (Å²) in [7, 11) is 1.60. The molecule has 0 aliphatic rings. The monoisotopic (exact) mass is 279 g/mol. The van der Waals surface area contributed by atoms with Crippen LogP contribution in [0.25, 0.3) is 11.0 Å². The molecule has 0 aliphatic carbocycles. The van der Waals surface area contributed by atoms with Gasteiger partial charge in [-0.15, -0.1) is 0 Å². The van der Waals surface area contributed by atoms with Crippen LogP contribution in [0, 0.1) is 0 Å². The summed E-state index contributed by atoms with van der Waals surface area (Å²) >= 11 is 0. The number of carbonyl (C=O) groups excluding carboxylic acids is 1. The molecule has 3 aromatic rings. The molecule has 21 heavy (non-hydrogen) atoms. The lowest BCUT2D eigenvalue weighted by Gasteiger charge is -2.06. The van der Waals surface area contributed by atoms with E-state index in [0.717, 1.165) is 11.3 Å². The second-order valence-corrected chi connectivity index (χ2v) is 4.44. The molecular weight excluding hydrogens is 266 g/mol. The zero-order chi connectivity index (χ0) is 14.7. The molecule has 0 atom stereocenters. The molecule has 1 aromatic heterocycles. The number of anilines is 1. The Kier molecular flexibility index (Phi) is 3.47. The molecule has 0 saturated carbocycles. The molecule has 0 aliphatic heterocycles. The summed E-state index contributed by atoms with van der Waals surface area (Å²) in [5.74, 6) is 0.557. The molecule has 2 aromatic carbocycles. The highest BCUT2D eigenvalue weighted by Crippen LogP contribution is 2.17. The summed E-state index contributed by atoms with van der Waals surface area (Å²) in [6, 6.07) is 12.4. The number of ether oxygens (including phenoxy) is 1. The minimum absolute atomic E-state index is 0.187. The Balaban J connectivity index is 1.82. The molecule has 0 radical (unpaired) electrons. The Morgan fingerprint density at radius 2 is 1.71 bits per heavy atom. The van der Waals surface area contributed by atoms with Gasteiger partial charge in [0.05, 0.1) is 18.1 Å². The first-order valence-electron chi connectivity index (χ1n) is 6.42. The number of benzene rings is 2. The zero-order valence-electron chi connectivity index (χ0n) is 11.4. The Morgan fingerprint density at radius 3 is 2.43 bits per heavy atom. The minimum atomic E-state index is -0.187. The Morgan fingerprint density at radius 1 is 1.00 bits per heavy atom. The number of nitrogens with zero attached hydrogens (tertiary/aromatic N) is 2. The number of fused-ring (bicyclic) bond motifs is 1. The third kappa shape index (κ3) is 2.81. The van der Waals surface area contributed by atoms with Gasteiger partial charge in [-0.3, -0.25) is 14.8 Å². The van der Waals surface area contributed by atoms with Gasteiger partial charge >= 0.3 is 0 Å². The molecule has 0 fully saturated rings. The average Bonchev–Trinajstić information content (AvgIpc) is 2.55. The predicted molar refractivity (Wildman–Crippen MR) is 80.5 cm³/mol. The second kappa shape index (κ2) is 5.58. The van der Waals surface area contributed by atoms with E-state index < -0.39 is 0 Å². The molecule has 0 unspecified atom stereocenters. The SMILES string of the molecule is COc1ccc(NC(=O)c2ccc3nccnc3c2)cc1. The van der Waals surface area contributed by atoms with E-state index in [1.807, 2.05) is 0 Å². The lowest BCUT2D eigenvalue weighted by Crippen LogP contribution is -2.11. The largest absolute Gasteiger partial charge is 0.497 e. The Labute approximate surface area is 121 Å². The van der Waals surface area contributed by atoms with E-state index in [0.29, 0.717) is 16.8 Å². The van der Waals surface area contributed by atoms with E-state index in [9.17, 15) is 4.79 Å². The molecule has 1 N–H and O–H groups in total. The first kappa shape index (κ1) is 13.1. The van der Waals surface area contributed by atoms with E-state index >= 15 is 0 Å². The normalized spacial score (nSPS) is 10.3. The van der Waals surface area contributed by atoms with Crippen LogP contribution in [-0.4, -0.2) is 23.0 Å². The smallest absolute Gasteiger partial charge is 0.255 e. The third-order valence-electron chi connectivity index (χ3n) is 3.08. The molecule has 1 heterocycles. The molecule has 104 valence electrons. The Hall–Kier alpha value is -2.95. The van der Waals surface area contributed by atoms with Gasteiger partial charge in [0.15, 0.2) is 0 Å². The molecule has 0 bridgehead atoms. The number of rotatable bonds is 3. The van der Waals surface area contributed by atoms with Gasteiger partial charge in [0.2, 0.25) is 0 Å². The fourth-order valence-electron chi connectivity index (χ4n) is 1.98. The van der Waals surface area contributed by atoms with Gasteiger partial charge in [-0.25, -0.2) is 0 Å². The average molecular weight is 279 g/mol. The lowest BCUT2D eigenvalue weighted by molar-refractivity contribution is 0.102. The maximum Gasteiger partial charge on any atom is 0.255 e. The van der Waals surface area contributed by atoms with Gasteiger partial charge in [-0.05, 0) is 42.5 Å². The van der Waals surface area contributed by atoms with Gasteiger partial charge in [0.1, 0.15) is 5.75 Å². The second-order valence-electron chi connectivity index (χ2n) is 4.44. The molecule has 5 nitrogen and oxygen atoms in total. The number of carbonyl (C=O) groups is 1. The zero-order valence-corrected chi connectivity index (χ0v) is 11.4. The molecular formula is C16H13N3O2. The molecule has 0 spiro atoms. The van der Waals surface area contributed by atoms with Crippen LogP contribution in [0.3, 0.4) is 0 Å². The van der Waals surface area contributed by atoms with Crippen LogP contribution in [0.1, 0.15) is 10.4 Å². The number of amides is 1. The minimum Gasteiger partial charge on any atom is -0.497 e. The first-order chi connectivity index (χ1) is 10.3. The summed E-state index contributed by atoms with van der Waals surface area (Å²) < 4.78 is 5.08. The van der Waals surface area contributed by atoms with Crippen molar-refractivity contribution in [3.63, 3.8) is 0 Å². The third-order valence-corrected chi connectivity index (χ3v) is 3.08. The van der Waals surface area contributed by atoms with Crippen molar-refractivity contribution in [2.75, 3.05) is 12.4 Å². The van der Waals surface area contributed by atoms with Crippen molar-refractivity contribution in [1.82, 2.24) is 9.97 Å². The van der Waals surface area contributed by atoms with Crippen LogP contribution in [0.4, 0.5) is 5.69 Å². The summed E-state index contributed by atoms with van der Waals surface area (Å²) in [6.45, 7) is 0. The lowest BCUT2D eigenvalue weighted by atomic mass is 10.1. The van der Waals surface area contributed by atoms with Crippen LogP contribution in [0.2, 0.25) is 0 Å². The van der Waals surface area contributed by atoms with E-state index in [1.165, 1.54) is 0 Å². The van der Waals surface area contributed by atoms with Crippen LogP contribution in [0.15, 0.2) is 54.9 Å². The quantitative estimate of drug-likeness (QED) is 0.800. The van der Waals surface area contributed by atoms with Crippen LogP contribution < -0.4 is 10.1 Å². The maximum absolute atomic E-state index is 12.2. The van der Waals surface area contributed by atoms with Crippen molar-refractivity contribution in [2.24, 2.45) is 0 Å². The van der Waals surface area contributed by atoms with Crippen molar-refractivity contribution >= 4 is 22.6 Å². The van der Waals surface area contributed by atoms with E-state index in [2.05, 4.69) is 15.3 Å². The van der Waals surface area contributed by atoms with Gasteiger partial charge < -0.3 is 10.1 Å².